The zero-order valence-corrected chi connectivity index (χ0v) is 12.3. The molecule has 3 rings (SSSR count). The number of likely N-dealkylation sites (tertiary alicyclic amines) is 1. The minimum absolute atomic E-state index is 0.0657. The van der Waals surface area contributed by atoms with Crippen molar-refractivity contribution in [3.8, 4) is 0 Å². The molecule has 1 fully saturated rings. The molecule has 0 unspecified atom stereocenters. The number of nitrogens with two attached hydrogens (primary N) is 1. The smallest absolute Gasteiger partial charge is 0.290 e. The number of piperidine rings is 1. The Morgan fingerprint density at radius 3 is 2.82 bits per heavy atom. The third-order valence-electron chi connectivity index (χ3n) is 4.20. The number of fused-ring (bicyclic) bond motifs is 1. The van der Waals surface area contributed by atoms with E-state index in [4.69, 9.17) is 10.2 Å². The van der Waals surface area contributed by atoms with Gasteiger partial charge < -0.3 is 15.1 Å². The maximum absolute atomic E-state index is 13.8. The number of aryl methyl sites for hydroxylation is 1. The highest BCUT2D eigenvalue weighted by atomic mass is 19.1. The number of carbonyl (C=O) groups excluding carboxylic acids is 2. The topological polar surface area (TPSA) is 76.5 Å². The zero-order chi connectivity index (χ0) is 15.9. The minimum atomic E-state index is -0.626. The highest BCUT2D eigenvalue weighted by Crippen LogP contribution is 2.29. The maximum Gasteiger partial charge on any atom is 0.290 e. The Morgan fingerprint density at radius 2 is 2.14 bits per heavy atom. The van der Waals surface area contributed by atoms with Gasteiger partial charge in [-0.3, -0.25) is 9.59 Å². The summed E-state index contributed by atoms with van der Waals surface area (Å²) in [5, 5.41) is 0.566. The van der Waals surface area contributed by atoms with Crippen LogP contribution in [-0.2, 0) is 4.79 Å². The van der Waals surface area contributed by atoms with Crippen LogP contribution in [0.15, 0.2) is 22.6 Å². The number of halogens is 1. The highest BCUT2D eigenvalue weighted by Gasteiger charge is 2.34. The van der Waals surface area contributed by atoms with E-state index >= 15 is 0 Å². The van der Waals surface area contributed by atoms with Crippen molar-refractivity contribution in [1.82, 2.24) is 4.90 Å². The third kappa shape index (κ3) is 2.24. The number of hydrogen-bond donors (Lipinski definition) is 1. The molecule has 2 aromatic rings. The molecule has 2 N–H and O–H groups in total. The molecule has 1 aliphatic heterocycles. The number of rotatable bonds is 2. The van der Waals surface area contributed by atoms with E-state index in [0.29, 0.717) is 23.9 Å². The largest absolute Gasteiger partial charge is 0.448 e. The van der Waals surface area contributed by atoms with Gasteiger partial charge in [0.2, 0.25) is 5.91 Å². The second kappa shape index (κ2) is 5.44. The van der Waals surface area contributed by atoms with Gasteiger partial charge in [0.05, 0.1) is 0 Å². The summed E-state index contributed by atoms with van der Waals surface area (Å²) >= 11 is 0. The predicted molar refractivity (Wildman–Crippen MR) is 78.8 cm³/mol. The Labute approximate surface area is 126 Å². The van der Waals surface area contributed by atoms with Crippen molar-refractivity contribution < 1.29 is 18.4 Å². The number of benzene rings is 1. The van der Waals surface area contributed by atoms with Gasteiger partial charge in [-0.2, -0.15) is 0 Å². The van der Waals surface area contributed by atoms with Crippen molar-refractivity contribution >= 4 is 22.8 Å². The van der Waals surface area contributed by atoms with Crippen molar-refractivity contribution in [2.24, 2.45) is 5.73 Å². The summed E-state index contributed by atoms with van der Waals surface area (Å²) in [7, 11) is 0. The molecule has 0 radical (unpaired) electrons. The quantitative estimate of drug-likeness (QED) is 0.925. The van der Waals surface area contributed by atoms with E-state index in [-0.39, 0.29) is 11.3 Å². The highest BCUT2D eigenvalue weighted by molar-refractivity contribution is 6.01. The summed E-state index contributed by atoms with van der Waals surface area (Å²) in [6.07, 6.45) is 2.21. The molecule has 6 heteroatoms. The van der Waals surface area contributed by atoms with E-state index in [0.717, 1.165) is 12.8 Å². The number of nitrogens with zero attached hydrogens (tertiary/aromatic N) is 1. The molecular weight excluding hydrogens is 287 g/mol. The summed E-state index contributed by atoms with van der Waals surface area (Å²) in [5.41, 5.74) is 6.03. The van der Waals surface area contributed by atoms with Crippen LogP contribution < -0.4 is 5.73 Å². The molecule has 1 aromatic heterocycles. The lowest BCUT2D eigenvalue weighted by atomic mass is 10.0. The van der Waals surface area contributed by atoms with Crippen LogP contribution in [-0.4, -0.2) is 29.3 Å². The Balaban J connectivity index is 2.03. The van der Waals surface area contributed by atoms with Crippen molar-refractivity contribution in [2.45, 2.75) is 32.2 Å². The van der Waals surface area contributed by atoms with Crippen LogP contribution >= 0.6 is 0 Å². The number of furan rings is 1. The van der Waals surface area contributed by atoms with Crippen LogP contribution in [0.3, 0.4) is 0 Å². The van der Waals surface area contributed by atoms with Crippen LogP contribution in [0.25, 0.3) is 11.0 Å². The third-order valence-corrected chi connectivity index (χ3v) is 4.20. The van der Waals surface area contributed by atoms with Crippen LogP contribution in [0.4, 0.5) is 4.39 Å². The van der Waals surface area contributed by atoms with Crippen molar-refractivity contribution in [2.75, 3.05) is 6.54 Å². The maximum atomic E-state index is 13.8. The first-order chi connectivity index (χ1) is 10.5. The molecule has 22 heavy (non-hydrogen) atoms. The number of hydrogen-bond acceptors (Lipinski definition) is 3. The number of primary amides is 1. The van der Waals surface area contributed by atoms with E-state index in [1.54, 1.807) is 19.1 Å². The first-order valence-electron chi connectivity index (χ1n) is 7.28. The number of para-hydroxylation sites is 1. The van der Waals surface area contributed by atoms with Gasteiger partial charge in [0.15, 0.2) is 17.2 Å². The van der Waals surface area contributed by atoms with E-state index in [1.807, 2.05) is 0 Å². The van der Waals surface area contributed by atoms with Gasteiger partial charge in [-0.15, -0.1) is 0 Å². The van der Waals surface area contributed by atoms with Gasteiger partial charge in [-0.05, 0) is 32.3 Å². The lowest BCUT2D eigenvalue weighted by molar-refractivity contribution is -0.123. The minimum Gasteiger partial charge on any atom is -0.448 e. The standard InChI is InChI=1S/C16H17FN2O3/c1-9-10-5-4-6-11(17)14(10)22-13(9)16(21)19-8-3-2-7-12(19)15(18)20/h4-6,12H,2-3,7-8H2,1H3,(H2,18,20)/t12-/m1/s1. The molecule has 0 aliphatic carbocycles. The van der Waals surface area contributed by atoms with Gasteiger partial charge in [-0.25, -0.2) is 4.39 Å². The number of amides is 2. The summed E-state index contributed by atoms with van der Waals surface area (Å²) in [6.45, 7) is 2.16. The summed E-state index contributed by atoms with van der Waals surface area (Å²) in [4.78, 5) is 25.7. The van der Waals surface area contributed by atoms with E-state index in [9.17, 15) is 14.0 Å². The van der Waals surface area contributed by atoms with Gasteiger partial charge in [-0.1, -0.05) is 12.1 Å². The normalized spacial score (nSPS) is 18.6. The van der Waals surface area contributed by atoms with E-state index in [1.165, 1.54) is 11.0 Å². The fourth-order valence-electron chi connectivity index (χ4n) is 3.01. The first-order valence-corrected chi connectivity index (χ1v) is 7.28. The molecule has 1 saturated heterocycles. The molecule has 0 saturated carbocycles. The SMILES string of the molecule is Cc1c(C(=O)N2CCCC[C@@H]2C(N)=O)oc2c(F)cccc12. The molecule has 0 spiro atoms. The summed E-state index contributed by atoms with van der Waals surface area (Å²) in [6, 6.07) is 3.93. The van der Waals surface area contributed by atoms with Crippen LogP contribution in [0.1, 0.15) is 35.4 Å². The second-order valence-electron chi connectivity index (χ2n) is 5.59. The lowest BCUT2D eigenvalue weighted by Crippen LogP contribution is -2.50. The molecule has 116 valence electrons. The molecular formula is C16H17FN2O3. The average Bonchev–Trinajstić information content (AvgIpc) is 2.85. The van der Waals surface area contributed by atoms with Crippen molar-refractivity contribution in [3.63, 3.8) is 0 Å². The Hall–Kier alpha value is -2.37. The Kier molecular flexibility index (Phi) is 3.60. The molecule has 2 heterocycles. The molecule has 5 nitrogen and oxygen atoms in total. The van der Waals surface area contributed by atoms with Crippen molar-refractivity contribution in [3.05, 3.63) is 35.3 Å². The lowest BCUT2D eigenvalue weighted by Gasteiger charge is -2.33. The van der Waals surface area contributed by atoms with Crippen LogP contribution in [0.5, 0.6) is 0 Å². The fourth-order valence-corrected chi connectivity index (χ4v) is 3.01. The van der Waals surface area contributed by atoms with Gasteiger partial charge in [0, 0.05) is 17.5 Å². The van der Waals surface area contributed by atoms with Gasteiger partial charge in [0.25, 0.3) is 5.91 Å². The fraction of sp³-hybridized carbons (Fsp3) is 0.375. The molecule has 0 bridgehead atoms. The molecule has 2 amide bonds. The Bertz CT molecular complexity index is 753. The van der Waals surface area contributed by atoms with Crippen LogP contribution in [0.2, 0.25) is 0 Å². The Morgan fingerprint density at radius 1 is 1.36 bits per heavy atom. The van der Waals surface area contributed by atoms with E-state index in [2.05, 4.69) is 0 Å². The molecule has 1 aliphatic rings. The van der Waals surface area contributed by atoms with Crippen LogP contribution in [0, 0.1) is 12.7 Å². The zero-order valence-electron chi connectivity index (χ0n) is 12.3. The number of carbonyl (C=O) groups is 2. The van der Waals surface area contributed by atoms with Gasteiger partial charge in [0.1, 0.15) is 6.04 Å². The summed E-state index contributed by atoms with van der Waals surface area (Å²) < 4.78 is 19.3. The van der Waals surface area contributed by atoms with E-state index < -0.39 is 23.7 Å². The predicted octanol–water partition coefficient (Wildman–Crippen LogP) is 2.36. The monoisotopic (exact) mass is 304 g/mol. The summed E-state index contributed by atoms with van der Waals surface area (Å²) in [5.74, 6) is -1.36. The second-order valence-corrected chi connectivity index (χ2v) is 5.59. The molecule has 1 atom stereocenters. The average molecular weight is 304 g/mol. The molecule has 1 aromatic carbocycles. The van der Waals surface area contributed by atoms with Gasteiger partial charge >= 0.3 is 0 Å². The first kappa shape index (κ1) is 14.6. The van der Waals surface area contributed by atoms with Crippen molar-refractivity contribution in [1.29, 1.82) is 0 Å².